The summed E-state index contributed by atoms with van der Waals surface area (Å²) in [6, 6.07) is 0. The Labute approximate surface area is 63.4 Å². The second-order valence-electron chi connectivity index (χ2n) is 2.27. The van der Waals surface area contributed by atoms with Crippen LogP contribution in [0.3, 0.4) is 0 Å². The average Bonchev–Trinajstić information content (AvgIpc) is 1.88. The smallest absolute Gasteiger partial charge is 0.00442 e. The lowest BCUT2D eigenvalue weighted by atomic mass is 10.2. The Kier molecular flexibility index (Phi) is 6.72. The topological polar surface area (TPSA) is 0 Å². The van der Waals surface area contributed by atoms with Gasteiger partial charge >= 0.3 is 0 Å². The Hall–Kier alpha value is 0.350. The summed E-state index contributed by atoms with van der Waals surface area (Å²) in [5.41, 5.74) is 0. The molecule has 0 spiro atoms. The Morgan fingerprint density at radius 2 is 1.89 bits per heavy atom. The lowest BCUT2D eigenvalue weighted by molar-refractivity contribution is 0.720. The summed E-state index contributed by atoms with van der Waals surface area (Å²) in [5, 5.41) is 0.931. The minimum absolute atomic E-state index is 0.931. The zero-order chi connectivity index (χ0) is 7.11. The van der Waals surface area contributed by atoms with Crippen LogP contribution in [0.2, 0.25) is 0 Å². The molecule has 0 bridgehead atoms. The van der Waals surface area contributed by atoms with Crippen molar-refractivity contribution in [1.82, 2.24) is 0 Å². The van der Waals surface area contributed by atoms with Crippen molar-refractivity contribution in [3.05, 3.63) is 0 Å². The third-order valence-electron chi connectivity index (χ3n) is 1.47. The monoisotopic (exact) mass is 146 g/mol. The second-order valence-corrected chi connectivity index (χ2v) is 3.85. The van der Waals surface area contributed by atoms with E-state index in [0.717, 1.165) is 5.25 Å². The van der Waals surface area contributed by atoms with Crippen molar-refractivity contribution in [3.8, 4) is 0 Å². The van der Waals surface area contributed by atoms with E-state index in [1.807, 2.05) is 0 Å². The van der Waals surface area contributed by atoms with Gasteiger partial charge < -0.3 is 0 Å². The van der Waals surface area contributed by atoms with Gasteiger partial charge in [-0.05, 0) is 18.6 Å². The van der Waals surface area contributed by atoms with Crippen LogP contribution in [-0.2, 0) is 0 Å². The maximum Gasteiger partial charge on any atom is 0.00442 e. The van der Waals surface area contributed by atoms with E-state index in [1.54, 1.807) is 0 Å². The zero-order valence-electron chi connectivity index (χ0n) is 6.81. The van der Waals surface area contributed by atoms with E-state index in [-0.39, 0.29) is 0 Å². The highest BCUT2D eigenvalue weighted by Gasteiger charge is 2.01. The van der Waals surface area contributed by atoms with E-state index >= 15 is 0 Å². The molecule has 56 valence electrons. The Bertz CT molecular complexity index is 46.5. The highest BCUT2D eigenvalue weighted by molar-refractivity contribution is 7.99. The van der Waals surface area contributed by atoms with Crippen LogP contribution >= 0.6 is 11.8 Å². The van der Waals surface area contributed by atoms with Gasteiger partial charge in [-0.3, -0.25) is 0 Å². The summed E-state index contributed by atoms with van der Waals surface area (Å²) in [7, 11) is 0. The molecule has 1 atom stereocenters. The molecular weight excluding hydrogens is 128 g/mol. The summed E-state index contributed by atoms with van der Waals surface area (Å²) in [4.78, 5) is 0. The fourth-order valence-electron chi connectivity index (χ4n) is 0.963. The molecule has 0 radical (unpaired) electrons. The molecule has 0 aromatic heterocycles. The van der Waals surface area contributed by atoms with Crippen LogP contribution in [0.1, 0.15) is 40.0 Å². The van der Waals surface area contributed by atoms with E-state index in [0.29, 0.717) is 0 Å². The first kappa shape index (κ1) is 9.35. The first-order valence-corrected chi connectivity index (χ1v) is 5.01. The molecule has 0 saturated heterocycles. The molecule has 0 aromatic rings. The maximum atomic E-state index is 2.28. The van der Waals surface area contributed by atoms with Gasteiger partial charge in [-0.2, -0.15) is 11.8 Å². The van der Waals surface area contributed by atoms with Crippen molar-refractivity contribution in [2.45, 2.75) is 45.3 Å². The summed E-state index contributed by atoms with van der Waals surface area (Å²) in [6.07, 6.45) is 4.08. The molecule has 0 nitrogen and oxygen atoms in total. The summed E-state index contributed by atoms with van der Waals surface area (Å²) >= 11 is 2.10. The van der Waals surface area contributed by atoms with Gasteiger partial charge in [0.05, 0.1) is 0 Å². The van der Waals surface area contributed by atoms with Crippen molar-refractivity contribution in [1.29, 1.82) is 0 Å². The lowest BCUT2D eigenvalue weighted by Crippen LogP contribution is -1.99. The van der Waals surface area contributed by atoms with Gasteiger partial charge in [0.1, 0.15) is 0 Å². The molecule has 1 heteroatoms. The lowest BCUT2D eigenvalue weighted by Gasteiger charge is -2.10. The first-order chi connectivity index (χ1) is 4.35. The molecule has 0 heterocycles. The molecule has 0 rings (SSSR count). The van der Waals surface area contributed by atoms with Crippen LogP contribution in [0.25, 0.3) is 0 Å². The summed E-state index contributed by atoms with van der Waals surface area (Å²) in [5.74, 6) is 1.28. The van der Waals surface area contributed by atoms with Gasteiger partial charge in [-0.1, -0.05) is 27.2 Å². The van der Waals surface area contributed by atoms with Crippen molar-refractivity contribution in [2.24, 2.45) is 0 Å². The third-order valence-corrected chi connectivity index (χ3v) is 2.84. The first-order valence-electron chi connectivity index (χ1n) is 3.96. The fraction of sp³-hybridized carbons (Fsp3) is 1.00. The minimum atomic E-state index is 0.931. The van der Waals surface area contributed by atoms with Crippen molar-refractivity contribution in [3.63, 3.8) is 0 Å². The van der Waals surface area contributed by atoms with Gasteiger partial charge in [-0.15, -0.1) is 0 Å². The molecule has 0 amide bonds. The van der Waals surface area contributed by atoms with Crippen LogP contribution < -0.4 is 0 Å². The van der Waals surface area contributed by atoms with Crippen LogP contribution in [0.4, 0.5) is 0 Å². The Morgan fingerprint density at radius 3 is 2.22 bits per heavy atom. The molecule has 0 aliphatic rings. The maximum absolute atomic E-state index is 2.28. The fourth-order valence-corrected chi connectivity index (χ4v) is 2.07. The molecule has 9 heavy (non-hydrogen) atoms. The molecule has 0 aromatic carbocycles. The normalized spacial score (nSPS) is 13.7. The number of rotatable bonds is 5. The van der Waals surface area contributed by atoms with E-state index < -0.39 is 0 Å². The quantitative estimate of drug-likeness (QED) is 0.573. The predicted octanol–water partition coefficient (Wildman–Crippen LogP) is 3.32. The molecule has 0 saturated carbocycles. The van der Waals surface area contributed by atoms with Crippen LogP contribution in [0.5, 0.6) is 0 Å². The van der Waals surface area contributed by atoms with Crippen molar-refractivity contribution < 1.29 is 0 Å². The molecule has 0 aliphatic heterocycles. The second kappa shape index (κ2) is 6.47. The largest absolute Gasteiger partial charge is 0.159 e. The van der Waals surface area contributed by atoms with Crippen molar-refractivity contribution in [2.75, 3.05) is 5.75 Å². The number of hydrogen-bond acceptors (Lipinski definition) is 1. The highest BCUT2D eigenvalue weighted by Crippen LogP contribution is 2.18. The van der Waals surface area contributed by atoms with E-state index in [4.69, 9.17) is 0 Å². The van der Waals surface area contributed by atoms with Gasteiger partial charge in [0.2, 0.25) is 0 Å². The van der Waals surface area contributed by atoms with E-state index in [1.165, 1.54) is 25.0 Å². The summed E-state index contributed by atoms with van der Waals surface area (Å²) in [6.45, 7) is 6.78. The SMILES string of the molecule is CCCC(CC)SCC. The minimum Gasteiger partial charge on any atom is -0.159 e. The Morgan fingerprint density at radius 1 is 1.22 bits per heavy atom. The number of thioether (sulfide) groups is 1. The van der Waals surface area contributed by atoms with Crippen molar-refractivity contribution >= 4 is 11.8 Å². The van der Waals surface area contributed by atoms with Crippen LogP contribution in [-0.4, -0.2) is 11.0 Å². The molecule has 0 fully saturated rings. The third kappa shape index (κ3) is 4.83. The van der Waals surface area contributed by atoms with Crippen LogP contribution in [0, 0.1) is 0 Å². The molecule has 1 unspecified atom stereocenters. The van der Waals surface area contributed by atoms with Crippen LogP contribution in [0.15, 0.2) is 0 Å². The molecule has 0 aliphatic carbocycles. The van der Waals surface area contributed by atoms with E-state index in [9.17, 15) is 0 Å². The Balaban J connectivity index is 3.18. The van der Waals surface area contributed by atoms with Gasteiger partial charge in [0, 0.05) is 5.25 Å². The van der Waals surface area contributed by atoms with Gasteiger partial charge in [0.25, 0.3) is 0 Å². The number of hydrogen-bond donors (Lipinski definition) is 0. The standard InChI is InChI=1S/C8H18S/c1-4-7-8(5-2)9-6-3/h8H,4-7H2,1-3H3. The van der Waals surface area contributed by atoms with Gasteiger partial charge in [0.15, 0.2) is 0 Å². The predicted molar refractivity (Wildman–Crippen MR) is 47.1 cm³/mol. The average molecular weight is 146 g/mol. The highest BCUT2D eigenvalue weighted by atomic mass is 32.2. The molecular formula is C8H18S. The summed E-state index contributed by atoms with van der Waals surface area (Å²) < 4.78 is 0. The van der Waals surface area contributed by atoms with E-state index in [2.05, 4.69) is 32.5 Å². The zero-order valence-corrected chi connectivity index (χ0v) is 7.63. The molecule has 0 N–H and O–H groups in total. The van der Waals surface area contributed by atoms with Gasteiger partial charge in [-0.25, -0.2) is 0 Å².